The zero-order valence-electron chi connectivity index (χ0n) is 19.5. The molecule has 0 spiro atoms. The summed E-state index contributed by atoms with van der Waals surface area (Å²) in [6.45, 7) is 1.82. The van der Waals surface area contributed by atoms with Crippen molar-refractivity contribution in [2.75, 3.05) is 0 Å². The molecule has 0 saturated carbocycles. The van der Waals surface area contributed by atoms with Crippen molar-refractivity contribution in [3.05, 3.63) is 113 Å². The van der Waals surface area contributed by atoms with E-state index in [1.807, 2.05) is 0 Å². The molecular weight excluding hydrogens is 511 g/mol. The van der Waals surface area contributed by atoms with Crippen LogP contribution in [0.4, 0.5) is 22.0 Å². The van der Waals surface area contributed by atoms with Crippen LogP contribution in [0.3, 0.4) is 0 Å². The van der Waals surface area contributed by atoms with Gasteiger partial charge in [0.1, 0.15) is 11.6 Å². The summed E-state index contributed by atoms with van der Waals surface area (Å²) in [6, 6.07) is 15.5. The number of nitrogens with one attached hydrogen (secondary N) is 1. The summed E-state index contributed by atoms with van der Waals surface area (Å²) >= 11 is 1.32. The SMILES string of the molecule is CC(NC(=O)c1ccccc1C(F)(F)F)c1nnc(SCc2ccc(F)cc2)n1Cc1ccc(F)cc1. The fourth-order valence-electron chi connectivity index (χ4n) is 3.64. The summed E-state index contributed by atoms with van der Waals surface area (Å²) in [6.07, 6.45) is -4.69. The molecule has 1 heterocycles. The summed E-state index contributed by atoms with van der Waals surface area (Å²) in [7, 11) is 0. The molecular formula is C26H21F5N4OS. The summed E-state index contributed by atoms with van der Waals surface area (Å²) < 4.78 is 68.6. The number of nitrogens with zero attached hydrogens (tertiary/aromatic N) is 3. The number of rotatable bonds is 8. The van der Waals surface area contributed by atoms with Crippen LogP contribution in [-0.4, -0.2) is 20.7 Å². The molecule has 1 N–H and O–H groups in total. The molecule has 0 bridgehead atoms. The predicted octanol–water partition coefficient (Wildman–Crippen LogP) is 6.41. The number of carbonyl (C=O) groups excluding carboxylic acids is 1. The molecule has 4 aromatic rings. The Morgan fingerprint density at radius 2 is 1.51 bits per heavy atom. The normalized spacial score (nSPS) is 12.4. The lowest BCUT2D eigenvalue weighted by Crippen LogP contribution is -2.30. The molecule has 1 atom stereocenters. The maximum atomic E-state index is 13.4. The average Bonchev–Trinajstić information content (AvgIpc) is 3.27. The molecule has 0 aliphatic heterocycles. The molecule has 3 aromatic carbocycles. The van der Waals surface area contributed by atoms with E-state index in [-0.39, 0.29) is 12.4 Å². The molecule has 4 rings (SSSR count). The lowest BCUT2D eigenvalue weighted by molar-refractivity contribution is -0.137. The van der Waals surface area contributed by atoms with Gasteiger partial charge in [-0.05, 0) is 54.4 Å². The lowest BCUT2D eigenvalue weighted by atomic mass is 10.1. The van der Waals surface area contributed by atoms with E-state index < -0.39 is 35.1 Å². The maximum absolute atomic E-state index is 13.4. The van der Waals surface area contributed by atoms with Crippen molar-refractivity contribution in [2.45, 2.75) is 36.6 Å². The van der Waals surface area contributed by atoms with Crippen LogP contribution in [0, 0.1) is 11.6 Å². The van der Waals surface area contributed by atoms with Gasteiger partial charge in [0.25, 0.3) is 5.91 Å². The lowest BCUT2D eigenvalue weighted by Gasteiger charge is -2.18. The number of thioether (sulfide) groups is 1. The van der Waals surface area contributed by atoms with Gasteiger partial charge in [-0.2, -0.15) is 13.2 Å². The van der Waals surface area contributed by atoms with Crippen molar-refractivity contribution in [2.24, 2.45) is 0 Å². The molecule has 1 aromatic heterocycles. The molecule has 0 fully saturated rings. The highest BCUT2D eigenvalue weighted by molar-refractivity contribution is 7.98. The minimum Gasteiger partial charge on any atom is -0.342 e. The van der Waals surface area contributed by atoms with Crippen LogP contribution in [0.1, 0.15) is 45.8 Å². The van der Waals surface area contributed by atoms with Crippen molar-refractivity contribution in [3.8, 4) is 0 Å². The number of alkyl halides is 3. The van der Waals surface area contributed by atoms with E-state index in [0.29, 0.717) is 16.7 Å². The number of aromatic nitrogens is 3. The molecule has 0 aliphatic carbocycles. The van der Waals surface area contributed by atoms with Crippen molar-refractivity contribution >= 4 is 17.7 Å². The maximum Gasteiger partial charge on any atom is 0.417 e. The van der Waals surface area contributed by atoms with E-state index in [1.54, 1.807) is 35.8 Å². The molecule has 192 valence electrons. The minimum absolute atomic E-state index is 0.230. The van der Waals surface area contributed by atoms with Crippen LogP contribution in [0.2, 0.25) is 0 Å². The predicted molar refractivity (Wildman–Crippen MR) is 129 cm³/mol. The Morgan fingerprint density at radius 3 is 2.14 bits per heavy atom. The smallest absolute Gasteiger partial charge is 0.342 e. The van der Waals surface area contributed by atoms with E-state index in [2.05, 4.69) is 15.5 Å². The third kappa shape index (κ3) is 6.53. The number of hydrogen-bond donors (Lipinski definition) is 1. The standard InChI is InChI=1S/C26H21F5N4OS/c1-16(32-24(36)21-4-2-3-5-22(21)26(29,30)31)23-33-34-25(37-15-18-8-12-20(28)13-9-18)35(23)14-17-6-10-19(27)11-7-17/h2-13,16H,14-15H2,1H3,(H,32,36). The fourth-order valence-corrected chi connectivity index (χ4v) is 4.54. The Morgan fingerprint density at radius 1 is 0.919 bits per heavy atom. The van der Waals surface area contributed by atoms with Gasteiger partial charge in [0.05, 0.1) is 23.7 Å². The summed E-state index contributed by atoms with van der Waals surface area (Å²) in [4.78, 5) is 12.8. The summed E-state index contributed by atoms with van der Waals surface area (Å²) in [5, 5.41) is 11.5. The van der Waals surface area contributed by atoms with Gasteiger partial charge < -0.3 is 5.32 Å². The van der Waals surface area contributed by atoms with E-state index >= 15 is 0 Å². The number of hydrogen-bond acceptors (Lipinski definition) is 4. The quantitative estimate of drug-likeness (QED) is 0.211. The molecule has 37 heavy (non-hydrogen) atoms. The molecule has 0 radical (unpaired) electrons. The van der Waals surface area contributed by atoms with Gasteiger partial charge in [-0.1, -0.05) is 48.2 Å². The third-order valence-corrected chi connectivity index (χ3v) is 6.53. The first-order valence-corrected chi connectivity index (χ1v) is 12.1. The molecule has 5 nitrogen and oxygen atoms in total. The van der Waals surface area contributed by atoms with Gasteiger partial charge in [0.15, 0.2) is 11.0 Å². The first-order valence-electron chi connectivity index (χ1n) is 11.1. The Hall–Kier alpha value is -3.73. The number of halogens is 5. The van der Waals surface area contributed by atoms with Gasteiger partial charge in [-0.25, -0.2) is 8.78 Å². The average molecular weight is 533 g/mol. The van der Waals surface area contributed by atoms with Crippen LogP contribution in [0.5, 0.6) is 0 Å². The summed E-state index contributed by atoms with van der Waals surface area (Å²) in [5.74, 6) is -0.905. The Bertz CT molecular complexity index is 1370. The van der Waals surface area contributed by atoms with E-state index in [9.17, 15) is 26.7 Å². The first kappa shape index (κ1) is 26.3. The van der Waals surface area contributed by atoms with Crippen LogP contribution < -0.4 is 5.32 Å². The highest BCUT2D eigenvalue weighted by atomic mass is 32.2. The molecule has 1 amide bonds. The molecule has 0 aliphatic rings. The topological polar surface area (TPSA) is 59.8 Å². The molecule has 1 unspecified atom stereocenters. The Kier molecular flexibility index (Phi) is 7.91. The second-order valence-corrected chi connectivity index (χ2v) is 9.15. The zero-order chi connectivity index (χ0) is 26.6. The van der Waals surface area contributed by atoms with E-state index in [4.69, 9.17) is 0 Å². The number of benzene rings is 3. The highest BCUT2D eigenvalue weighted by Gasteiger charge is 2.35. The largest absolute Gasteiger partial charge is 0.417 e. The fraction of sp³-hybridized carbons (Fsp3) is 0.192. The van der Waals surface area contributed by atoms with E-state index in [1.165, 1.54) is 48.2 Å². The van der Waals surface area contributed by atoms with Gasteiger partial charge in [-0.3, -0.25) is 9.36 Å². The second kappa shape index (κ2) is 11.1. The number of carbonyl (C=O) groups is 1. The van der Waals surface area contributed by atoms with Gasteiger partial charge in [0.2, 0.25) is 0 Å². The van der Waals surface area contributed by atoms with Gasteiger partial charge in [0, 0.05) is 5.75 Å². The van der Waals surface area contributed by atoms with Crippen LogP contribution in [0.25, 0.3) is 0 Å². The molecule has 11 heteroatoms. The summed E-state index contributed by atoms with van der Waals surface area (Å²) in [5.41, 5.74) is 0.0294. The Balaban J connectivity index is 1.60. The van der Waals surface area contributed by atoms with Gasteiger partial charge >= 0.3 is 6.18 Å². The van der Waals surface area contributed by atoms with Crippen molar-refractivity contribution in [3.63, 3.8) is 0 Å². The zero-order valence-corrected chi connectivity index (χ0v) is 20.3. The monoisotopic (exact) mass is 532 g/mol. The first-order chi connectivity index (χ1) is 17.6. The van der Waals surface area contributed by atoms with Gasteiger partial charge in [-0.15, -0.1) is 10.2 Å². The number of amides is 1. The van der Waals surface area contributed by atoms with Crippen LogP contribution in [0.15, 0.2) is 78.0 Å². The van der Waals surface area contributed by atoms with Crippen molar-refractivity contribution < 1.29 is 26.7 Å². The van der Waals surface area contributed by atoms with Crippen molar-refractivity contribution in [1.29, 1.82) is 0 Å². The van der Waals surface area contributed by atoms with E-state index in [0.717, 1.165) is 23.3 Å². The minimum atomic E-state index is -4.69. The van der Waals surface area contributed by atoms with Crippen molar-refractivity contribution in [1.82, 2.24) is 20.1 Å². The second-order valence-electron chi connectivity index (χ2n) is 8.21. The van der Waals surface area contributed by atoms with Crippen LogP contribution in [-0.2, 0) is 18.5 Å². The molecule has 0 saturated heterocycles. The third-order valence-electron chi connectivity index (χ3n) is 5.49. The highest BCUT2D eigenvalue weighted by Crippen LogP contribution is 2.32. The van der Waals surface area contributed by atoms with Crippen LogP contribution >= 0.6 is 11.8 Å². The Labute approximate surface area is 213 Å².